The molecule has 2 aromatic carbocycles. The van der Waals surface area contributed by atoms with E-state index in [0.29, 0.717) is 17.1 Å². The Balaban J connectivity index is 1.36. The van der Waals surface area contributed by atoms with Gasteiger partial charge < -0.3 is 14.2 Å². The maximum atomic E-state index is 13.0. The van der Waals surface area contributed by atoms with Gasteiger partial charge in [-0.3, -0.25) is 4.79 Å². The largest absolute Gasteiger partial charge is 0.459 e. The van der Waals surface area contributed by atoms with Gasteiger partial charge in [-0.05, 0) is 61.3 Å². The van der Waals surface area contributed by atoms with Crippen LogP contribution in [0.3, 0.4) is 0 Å². The molecule has 4 rings (SSSR count). The summed E-state index contributed by atoms with van der Waals surface area (Å²) in [5.41, 5.74) is 0.174. The van der Waals surface area contributed by atoms with Gasteiger partial charge in [0.15, 0.2) is 0 Å². The van der Waals surface area contributed by atoms with Crippen molar-refractivity contribution in [2.24, 2.45) is 17.3 Å². The number of hydrogen-bond acceptors (Lipinski definition) is 6. The van der Waals surface area contributed by atoms with E-state index in [1.165, 1.54) is 12.5 Å². The van der Waals surface area contributed by atoms with Gasteiger partial charge in [0.2, 0.25) is 6.10 Å². The van der Waals surface area contributed by atoms with Gasteiger partial charge in [-0.25, -0.2) is 4.79 Å². The molecule has 2 aromatic rings. The predicted octanol–water partition coefficient (Wildman–Crippen LogP) is 6.29. The van der Waals surface area contributed by atoms with Crippen LogP contribution in [-0.2, 0) is 19.1 Å². The van der Waals surface area contributed by atoms with Crippen molar-refractivity contribution < 1.29 is 23.8 Å². The minimum absolute atomic E-state index is 0.00750. The van der Waals surface area contributed by atoms with Gasteiger partial charge >= 0.3 is 11.9 Å². The van der Waals surface area contributed by atoms with Crippen molar-refractivity contribution in [3.63, 3.8) is 0 Å². The van der Waals surface area contributed by atoms with Crippen LogP contribution in [0.1, 0.15) is 57.6 Å². The Morgan fingerprint density at radius 2 is 1.74 bits per heavy atom. The van der Waals surface area contributed by atoms with Gasteiger partial charge in [-0.15, -0.1) is 0 Å². The zero-order valence-corrected chi connectivity index (χ0v) is 20.2. The number of nitrogens with zero attached hydrogens (tertiary/aromatic N) is 1. The van der Waals surface area contributed by atoms with Crippen molar-refractivity contribution in [2.45, 2.75) is 58.2 Å². The number of para-hydroxylation sites is 1. The van der Waals surface area contributed by atoms with E-state index >= 15 is 0 Å². The molecule has 0 unspecified atom stereocenters. The summed E-state index contributed by atoms with van der Waals surface area (Å²) < 4.78 is 17.0. The summed E-state index contributed by atoms with van der Waals surface area (Å²) in [4.78, 5) is 25.2. The molecule has 0 amide bonds. The van der Waals surface area contributed by atoms with Crippen molar-refractivity contribution in [1.29, 1.82) is 5.26 Å². The fraction of sp³-hybridized carbons (Fsp3) is 0.414. The first kappa shape index (κ1) is 24.5. The van der Waals surface area contributed by atoms with E-state index in [2.05, 4.69) is 6.07 Å². The second-order valence-corrected chi connectivity index (χ2v) is 9.81. The highest BCUT2D eigenvalue weighted by atomic mass is 16.5. The van der Waals surface area contributed by atoms with Crippen LogP contribution in [0.4, 0.5) is 0 Å². The summed E-state index contributed by atoms with van der Waals surface area (Å²) >= 11 is 0. The molecule has 0 heterocycles. The monoisotopic (exact) mass is 473 g/mol. The molecule has 182 valence electrons. The highest BCUT2D eigenvalue weighted by Crippen LogP contribution is 2.59. The summed E-state index contributed by atoms with van der Waals surface area (Å²) in [5, 5.41) is 9.70. The van der Waals surface area contributed by atoms with Crippen molar-refractivity contribution >= 4 is 11.9 Å². The molecule has 2 saturated carbocycles. The third kappa shape index (κ3) is 6.10. The van der Waals surface area contributed by atoms with E-state index < -0.39 is 18.0 Å². The lowest BCUT2D eigenvalue weighted by atomic mass is 9.98. The number of carbonyl (C=O) groups excluding carboxylic acids is 2. The van der Waals surface area contributed by atoms with Crippen LogP contribution in [0, 0.1) is 28.6 Å². The Kier molecular flexibility index (Phi) is 7.55. The lowest BCUT2D eigenvalue weighted by molar-refractivity contribution is -0.149. The molecule has 0 N–H and O–H groups in total. The van der Waals surface area contributed by atoms with Gasteiger partial charge in [-0.1, -0.05) is 56.7 Å². The second kappa shape index (κ2) is 10.8. The summed E-state index contributed by atoms with van der Waals surface area (Å²) in [6, 6.07) is 18.4. The first-order valence-corrected chi connectivity index (χ1v) is 12.2. The molecule has 0 bridgehead atoms. The van der Waals surface area contributed by atoms with Crippen LogP contribution in [-0.4, -0.2) is 18.0 Å². The lowest BCUT2D eigenvalue weighted by Gasteiger charge is -2.20. The quantitative estimate of drug-likeness (QED) is 0.331. The molecule has 2 aliphatic rings. The molecule has 0 saturated heterocycles. The number of ether oxygens (including phenoxy) is 3. The van der Waals surface area contributed by atoms with E-state index in [-0.39, 0.29) is 23.4 Å². The topological polar surface area (TPSA) is 85.6 Å². The van der Waals surface area contributed by atoms with Crippen molar-refractivity contribution in [1.82, 2.24) is 0 Å². The standard InChI is InChI=1S/C29H31NO5/c1-29(2)24(16-17-26(31)34-22-13-7-4-8-14-22)27(29)28(32)35-25(19-30)20-10-9-15-23(18-20)33-21-11-5-3-6-12-21/h3,5-6,9-12,15-18,22,24-25,27H,4,7-8,13-14H2,1-2H3/b17-16-/t24-,25+,27-/m0/s1. The van der Waals surface area contributed by atoms with E-state index in [9.17, 15) is 14.9 Å². The molecular weight excluding hydrogens is 442 g/mol. The Hall–Kier alpha value is -3.59. The normalized spacial score (nSPS) is 22.1. The molecule has 6 heteroatoms. The Morgan fingerprint density at radius 1 is 1.03 bits per heavy atom. The maximum Gasteiger partial charge on any atom is 0.330 e. The van der Waals surface area contributed by atoms with Gasteiger partial charge in [0.1, 0.15) is 23.7 Å². The summed E-state index contributed by atoms with van der Waals surface area (Å²) in [6.45, 7) is 3.91. The molecule has 0 radical (unpaired) electrons. The molecular formula is C29H31NO5. The molecule has 0 aromatic heterocycles. The fourth-order valence-corrected chi connectivity index (χ4v) is 4.78. The third-order valence-electron chi connectivity index (χ3n) is 6.93. The van der Waals surface area contributed by atoms with Crippen LogP contribution >= 0.6 is 0 Å². The van der Waals surface area contributed by atoms with E-state index in [0.717, 1.165) is 25.7 Å². The van der Waals surface area contributed by atoms with Crippen molar-refractivity contribution in [3.8, 4) is 17.6 Å². The molecule has 0 spiro atoms. The molecule has 2 fully saturated rings. The van der Waals surface area contributed by atoms with Gasteiger partial charge in [0, 0.05) is 11.6 Å². The fourth-order valence-electron chi connectivity index (χ4n) is 4.78. The second-order valence-electron chi connectivity index (χ2n) is 9.81. The Bertz CT molecular complexity index is 1110. The third-order valence-corrected chi connectivity index (χ3v) is 6.93. The molecule has 6 nitrogen and oxygen atoms in total. The van der Waals surface area contributed by atoms with Gasteiger partial charge in [-0.2, -0.15) is 5.26 Å². The van der Waals surface area contributed by atoms with Crippen LogP contribution in [0.2, 0.25) is 0 Å². The van der Waals surface area contributed by atoms with Crippen LogP contribution in [0.5, 0.6) is 11.5 Å². The van der Waals surface area contributed by atoms with E-state index in [4.69, 9.17) is 14.2 Å². The Morgan fingerprint density at radius 3 is 2.46 bits per heavy atom. The summed E-state index contributed by atoms with van der Waals surface area (Å²) in [7, 11) is 0. The van der Waals surface area contributed by atoms with Crippen LogP contribution in [0.25, 0.3) is 0 Å². The zero-order valence-electron chi connectivity index (χ0n) is 20.2. The van der Waals surface area contributed by atoms with Crippen LogP contribution in [0.15, 0.2) is 66.7 Å². The number of allylic oxidation sites excluding steroid dienone is 1. The highest BCUT2D eigenvalue weighted by Gasteiger charge is 2.61. The molecule has 2 aliphatic carbocycles. The Labute approximate surface area is 206 Å². The maximum absolute atomic E-state index is 13.0. The smallest absolute Gasteiger partial charge is 0.330 e. The predicted molar refractivity (Wildman–Crippen MR) is 130 cm³/mol. The minimum Gasteiger partial charge on any atom is -0.459 e. The number of esters is 2. The average molecular weight is 474 g/mol. The number of benzene rings is 2. The minimum atomic E-state index is -1.06. The average Bonchev–Trinajstić information content (AvgIpc) is 3.42. The van der Waals surface area contributed by atoms with E-state index in [1.807, 2.05) is 44.2 Å². The van der Waals surface area contributed by atoms with Crippen LogP contribution < -0.4 is 4.74 Å². The number of nitriles is 1. The molecule has 0 aliphatic heterocycles. The van der Waals surface area contributed by atoms with Crippen molar-refractivity contribution in [2.75, 3.05) is 0 Å². The van der Waals surface area contributed by atoms with Crippen molar-refractivity contribution in [3.05, 3.63) is 72.3 Å². The summed E-state index contributed by atoms with van der Waals surface area (Å²) in [6.07, 6.45) is 7.31. The summed E-state index contributed by atoms with van der Waals surface area (Å²) in [5.74, 6) is -0.175. The number of rotatable bonds is 8. The van der Waals surface area contributed by atoms with Gasteiger partial charge in [0.25, 0.3) is 0 Å². The number of hydrogen-bond donors (Lipinski definition) is 0. The lowest BCUT2D eigenvalue weighted by Crippen LogP contribution is -2.19. The molecule has 3 atom stereocenters. The first-order valence-electron chi connectivity index (χ1n) is 12.2. The first-order chi connectivity index (χ1) is 16.9. The molecule has 35 heavy (non-hydrogen) atoms. The number of carbonyl (C=O) groups is 2. The van der Waals surface area contributed by atoms with Gasteiger partial charge in [0.05, 0.1) is 5.92 Å². The van der Waals surface area contributed by atoms with E-state index in [1.54, 1.807) is 30.3 Å². The zero-order chi connectivity index (χ0) is 24.8. The SMILES string of the molecule is CC1(C)[C@H](C(=O)O[C@H](C#N)c2cccc(Oc3ccccc3)c2)[C@@H]1/C=C\C(=O)OC1CCCCC1. The highest BCUT2D eigenvalue weighted by molar-refractivity contribution is 5.83.